The van der Waals surface area contributed by atoms with E-state index in [9.17, 15) is 9.59 Å². The van der Waals surface area contributed by atoms with Crippen molar-refractivity contribution >= 4 is 22.7 Å². The SMILES string of the molecule is CC(CN1CCCC1=O)NC(=O)c1cc2ccccc2[nH]1. The van der Waals surface area contributed by atoms with Gasteiger partial charge in [-0.05, 0) is 25.5 Å². The Balaban J connectivity index is 1.63. The molecule has 2 aromatic rings. The molecule has 3 rings (SSSR count). The first-order valence-corrected chi connectivity index (χ1v) is 7.30. The monoisotopic (exact) mass is 285 g/mol. The molecule has 0 bridgehead atoms. The number of nitrogens with zero attached hydrogens (tertiary/aromatic N) is 1. The summed E-state index contributed by atoms with van der Waals surface area (Å²) >= 11 is 0. The molecule has 0 saturated carbocycles. The molecule has 0 radical (unpaired) electrons. The highest BCUT2D eigenvalue weighted by molar-refractivity contribution is 5.98. The molecule has 2 amide bonds. The Kier molecular flexibility index (Phi) is 3.64. The summed E-state index contributed by atoms with van der Waals surface area (Å²) in [5, 5.41) is 3.96. The van der Waals surface area contributed by atoms with Gasteiger partial charge in [-0.2, -0.15) is 0 Å². The lowest BCUT2D eigenvalue weighted by atomic mass is 10.2. The zero-order valence-electron chi connectivity index (χ0n) is 12.1. The molecule has 0 spiro atoms. The lowest BCUT2D eigenvalue weighted by Gasteiger charge is -2.21. The number of rotatable bonds is 4. The van der Waals surface area contributed by atoms with E-state index in [-0.39, 0.29) is 17.9 Å². The molecule has 5 nitrogen and oxygen atoms in total. The van der Waals surface area contributed by atoms with Gasteiger partial charge in [-0.25, -0.2) is 0 Å². The van der Waals surface area contributed by atoms with E-state index < -0.39 is 0 Å². The number of carbonyl (C=O) groups excluding carboxylic acids is 2. The van der Waals surface area contributed by atoms with Gasteiger partial charge >= 0.3 is 0 Å². The predicted molar refractivity (Wildman–Crippen MR) is 81.0 cm³/mol. The minimum atomic E-state index is -0.134. The van der Waals surface area contributed by atoms with Crippen LogP contribution in [-0.2, 0) is 4.79 Å². The number of amides is 2. The Labute approximate surface area is 123 Å². The van der Waals surface area contributed by atoms with Gasteiger partial charge in [-0.3, -0.25) is 9.59 Å². The van der Waals surface area contributed by atoms with Crippen molar-refractivity contribution in [3.63, 3.8) is 0 Å². The molecule has 2 heterocycles. The van der Waals surface area contributed by atoms with Crippen molar-refractivity contribution in [1.29, 1.82) is 0 Å². The van der Waals surface area contributed by atoms with Crippen molar-refractivity contribution in [1.82, 2.24) is 15.2 Å². The summed E-state index contributed by atoms with van der Waals surface area (Å²) in [6, 6.07) is 9.57. The van der Waals surface area contributed by atoms with Gasteiger partial charge in [-0.15, -0.1) is 0 Å². The largest absolute Gasteiger partial charge is 0.351 e. The second-order valence-electron chi connectivity index (χ2n) is 5.59. The molecule has 1 aromatic carbocycles. The second kappa shape index (κ2) is 5.60. The summed E-state index contributed by atoms with van der Waals surface area (Å²) in [7, 11) is 0. The number of benzene rings is 1. The third-order valence-electron chi connectivity index (χ3n) is 3.82. The first-order chi connectivity index (χ1) is 10.1. The number of hydrogen-bond donors (Lipinski definition) is 2. The summed E-state index contributed by atoms with van der Waals surface area (Å²) in [5.41, 5.74) is 1.50. The number of carbonyl (C=O) groups is 2. The number of likely N-dealkylation sites (tertiary alicyclic amines) is 1. The maximum Gasteiger partial charge on any atom is 0.267 e. The number of H-pyrrole nitrogens is 1. The van der Waals surface area contributed by atoms with Gasteiger partial charge in [0, 0.05) is 36.5 Å². The van der Waals surface area contributed by atoms with Crippen LogP contribution >= 0.6 is 0 Å². The Bertz CT molecular complexity index is 644. The van der Waals surface area contributed by atoms with E-state index in [1.54, 1.807) is 0 Å². The minimum Gasteiger partial charge on any atom is -0.351 e. The van der Waals surface area contributed by atoms with Gasteiger partial charge in [0.1, 0.15) is 5.69 Å². The summed E-state index contributed by atoms with van der Waals surface area (Å²) < 4.78 is 0. The molecule has 1 atom stereocenters. The van der Waals surface area contributed by atoms with E-state index in [2.05, 4.69) is 10.3 Å². The van der Waals surface area contributed by atoms with Gasteiger partial charge in [0.05, 0.1) is 0 Å². The topological polar surface area (TPSA) is 65.2 Å². The van der Waals surface area contributed by atoms with Gasteiger partial charge < -0.3 is 15.2 Å². The van der Waals surface area contributed by atoms with E-state index in [0.717, 1.165) is 23.9 Å². The first-order valence-electron chi connectivity index (χ1n) is 7.30. The van der Waals surface area contributed by atoms with Crippen molar-refractivity contribution in [3.05, 3.63) is 36.0 Å². The normalized spacial score (nSPS) is 16.4. The van der Waals surface area contributed by atoms with Crippen molar-refractivity contribution in [3.8, 4) is 0 Å². The van der Waals surface area contributed by atoms with Crippen LogP contribution in [0.3, 0.4) is 0 Å². The summed E-state index contributed by atoms with van der Waals surface area (Å²) in [6.07, 6.45) is 1.55. The molecule has 1 aromatic heterocycles. The molecule has 1 saturated heterocycles. The van der Waals surface area contributed by atoms with Crippen molar-refractivity contribution in [2.75, 3.05) is 13.1 Å². The molecule has 2 N–H and O–H groups in total. The van der Waals surface area contributed by atoms with Crippen molar-refractivity contribution in [2.45, 2.75) is 25.8 Å². The van der Waals surface area contributed by atoms with Crippen LogP contribution in [0.25, 0.3) is 10.9 Å². The third-order valence-corrected chi connectivity index (χ3v) is 3.82. The fourth-order valence-electron chi connectivity index (χ4n) is 2.77. The summed E-state index contributed by atoms with van der Waals surface area (Å²) in [5.74, 6) is 0.0482. The maximum atomic E-state index is 12.2. The third kappa shape index (κ3) is 2.91. The average molecular weight is 285 g/mol. The number of nitrogens with one attached hydrogen (secondary N) is 2. The maximum absolute atomic E-state index is 12.2. The van der Waals surface area contributed by atoms with Crippen LogP contribution in [-0.4, -0.2) is 40.8 Å². The van der Waals surface area contributed by atoms with Crippen molar-refractivity contribution in [2.24, 2.45) is 0 Å². The molecule has 1 aliphatic rings. The smallest absolute Gasteiger partial charge is 0.267 e. The first kappa shape index (κ1) is 13.7. The molecule has 5 heteroatoms. The van der Waals surface area contributed by atoms with E-state index in [4.69, 9.17) is 0 Å². The number of aromatic amines is 1. The van der Waals surface area contributed by atoms with Crippen LogP contribution in [0.1, 0.15) is 30.3 Å². The summed E-state index contributed by atoms with van der Waals surface area (Å²) in [4.78, 5) is 28.8. The highest BCUT2D eigenvalue weighted by Gasteiger charge is 2.22. The van der Waals surface area contributed by atoms with E-state index in [0.29, 0.717) is 18.7 Å². The van der Waals surface area contributed by atoms with Crippen LogP contribution in [0.2, 0.25) is 0 Å². The Hall–Kier alpha value is -2.30. The zero-order valence-corrected chi connectivity index (χ0v) is 12.1. The molecule has 0 aliphatic carbocycles. The van der Waals surface area contributed by atoms with E-state index in [1.165, 1.54) is 0 Å². The average Bonchev–Trinajstić information content (AvgIpc) is 3.05. The number of fused-ring (bicyclic) bond motifs is 1. The van der Waals surface area contributed by atoms with Crippen molar-refractivity contribution < 1.29 is 9.59 Å². The summed E-state index contributed by atoms with van der Waals surface area (Å²) in [6.45, 7) is 3.29. The van der Waals surface area contributed by atoms with Crippen LogP contribution < -0.4 is 5.32 Å². The molecule has 1 aliphatic heterocycles. The second-order valence-corrected chi connectivity index (χ2v) is 5.59. The predicted octanol–water partition coefficient (Wildman–Crippen LogP) is 1.91. The van der Waals surface area contributed by atoms with Gasteiger partial charge in [-0.1, -0.05) is 18.2 Å². The fraction of sp³-hybridized carbons (Fsp3) is 0.375. The van der Waals surface area contributed by atoms with Crippen LogP contribution in [0.4, 0.5) is 0 Å². The molecule has 110 valence electrons. The van der Waals surface area contributed by atoms with Gasteiger partial charge in [0.2, 0.25) is 5.91 Å². The van der Waals surface area contributed by atoms with Crippen LogP contribution in [0.5, 0.6) is 0 Å². The molecule has 1 fully saturated rings. The van der Waals surface area contributed by atoms with Gasteiger partial charge in [0.25, 0.3) is 5.91 Å². The molecule has 21 heavy (non-hydrogen) atoms. The Morgan fingerprint density at radius 3 is 2.95 bits per heavy atom. The molecule has 1 unspecified atom stereocenters. The highest BCUT2D eigenvalue weighted by Crippen LogP contribution is 2.15. The number of hydrogen-bond acceptors (Lipinski definition) is 2. The lowest BCUT2D eigenvalue weighted by Crippen LogP contribution is -2.42. The fourth-order valence-corrected chi connectivity index (χ4v) is 2.77. The van der Waals surface area contributed by atoms with E-state index >= 15 is 0 Å². The van der Waals surface area contributed by atoms with Crippen LogP contribution in [0, 0.1) is 0 Å². The lowest BCUT2D eigenvalue weighted by molar-refractivity contribution is -0.127. The Morgan fingerprint density at radius 1 is 1.43 bits per heavy atom. The minimum absolute atomic E-state index is 0.0639. The van der Waals surface area contributed by atoms with E-state index in [1.807, 2.05) is 42.2 Å². The Morgan fingerprint density at radius 2 is 2.24 bits per heavy atom. The van der Waals surface area contributed by atoms with Gasteiger partial charge in [0.15, 0.2) is 0 Å². The zero-order chi connectivity index (χ0) is 14.8. The molecular weight excluding hydrogens is 266 g/mol. The number of para-hydroxylation sites is 1. The van der Waals surface area contributed by atoms with Crippen LogP contribution in [0.15, 0.2) is 30.3 Å². The molecular formula is C16H19N3O2. The quantitative estimate of drug-likeness (QED) is 0.901. The number of aromatic nitrogens is 1. The standard InChI is InChI=1S/C16H19N3O2/c1-11(10-19-8-4-7-15(19)20)17-16(21)14-9-12-5-2-3-6-13(12)18-14/h2-3,5-6,9,11,18H,4,7-8,10H2,1H3,(H,17,21). The highest BCUT2D eigenvalue weighted by atomic mass is 16.2.